The van der Waals surface area contributed by atoms with Crippen molar-refractivity contribution in [2.24, 2.45) is 22.7 Å². The lowest BCUT2D eigenvalue weighted by molar-refractivity contribution is -0.117. The van der Waals surface area contributed by atoms with Crippen LogP contribution in [0, 0.1) is 29.6 Å². The van der Waals surface area contributed by atoms with Gasteiger partial charge in [0.05, 0.1) is 5.69 Å². The van der Waals surface area contributed by atoms with Gasteiger partial charge in [0, 0.05) is 25.4 Å². The Kier molecular flexibility index (Phi) is 9.53. The van der Waals surface area contributed by atoms with Crippen molar-refractivity contribution in [3.8, 4) is 0 Å². The van der Waals surface area contributed by atoms with Gasteiger partial charge in [-0.2, -0.15) is 0 Å². The molecule has 3 unspecified atom stereocenters. The molecule has 218 valence electrons. The SMILES string of the molecule is CCCC/C(=C\N(NC)c1ccc(C)cc1)C(=O)NCCCCCCN1CCC2(CC1)CCC13C=CC=CC1C23. The average molecular weight is 545 g/mol. The molecule has 5 rings (SSSR count). The summed E-state index contributed by atoms with van der Waals surface area (Å²) in [5.41, 5.74) is 7.51. The standard InChI is InChI=1S/C35H52N4O/c1-4-5-12-29(27-39(36-3)30-16-14-28(2)15-17-30)33(40)37-23-10-6-7-11-24-38-25-21-34(22-26-38)19-20-35-18-9-8-13-31(35)32(34)35/h8-9,13-18,27,31-32,36H,4-7,10-12,19-26H2,1-3H3,(H,37,40)/b29-27+. The normalized spacial score (nSPS) is 26.5. The zero-order chi connectivity index (χ0) is 28.0. The zero-order valence-corrected chi connectivity index (χ0v) is 25.3. The molecule has 1 amide bonds. The number of rotatable bonds is 14. The predicted molar refractivity (Wildman–Crippen MR) is 167 cm³/mol. The summed E-state index contributed by atoms with van der Waals surface area (Å²) < 4.78 is 0. The molecule has 40 heavy (non-hydrogen) atoms. The highest BCUT2D eigenvalue weighted by molar-refractivity contribution is 5.93. The Hall–Kier alpha value is -2.37. The Bertz CT molecular complexity index is 1080. The molecule has 1 aliphatic heterocycles. The summed E-state index contributed by atoms with van der Waals surface area (Å²) in [6.07, 6.45) is 25.0. The Morgan fingerprint density at radius 3 is 2.52 bits per heavy atom. The van der Waals surface area contributed by atoms with Gasteiger partial charge in [0.1, 0.15) is 0 Å². The van der Waals surface area contributed by atoms with E-state index >= 15 is 0 Å². The minimum Gasteiger partial charge on any atom is -0.352 e. The van der Waals surface area contributed by atoms with Gasteiger partial charge in [-0.25, -0.2) is 5.43 Å². The van der Waals surface area contributed by atoms with Crippen LogP contribution in [0.2, 0.25) is 0 Å². The third-order valence-corrected chi connectivity index (χ3v) is 10.5. The topological polar surface area (TPSA) is 47.6 Å². The highest BCUT2D eigenvalue weighted by Gasteiger charge is 2.73. The molecule has 3 aliphatic carbocycles. The second kappa shape index (κ2) is 13.1. The molecule has 3 atom stereocenters. The molecule has 1 saturated heterocycles. The molecular formula is C35H52N4O. The van der Waals surface area contributed by atoms with Crippen LogP contribution >= 0.6 is 0 Å². The van der Waals surface area contributed by atoms with Gasteiger partial charge in [0.25, 0.3) is 0 Å². The second-order valence-corrected chi connectivity index (χ2v) is 12.9. The van der Waals surface area contributed by atoms with Gasteiger partial charge in [-0.15, -0.1) is 0 Å². The molecule has 2 saturated carbocycles. The number of allylic oxidation sites excluding steroid dienone is 4. The van der Waals surface area contributed by atoms with Crippen molar-refractivity contribution in [3.05, 3.63) is 65.9 Å². The number of amides is 1. The van der Waals surface area contributed by atoms with E-state index < -0.39 is 0 Å². The number of hydrazine groups is 1. The maximum absolute atomic E-state index is 13.0. The summed E-state index contributed by atoms with van der Waals surface area (Å²) in [7, 11) is 1.89. The number of likely N-dealkylation sites (tertiary alicyclic amines) is 1. The smallest absolute Gasteiger partial charge is 0.248 e. The maximum atomic E-state index is 13.0. The van der Waals surface area contributed by atoms with E-state index in [4.69, 9.17) is 0 Å². The minimum absolute atomic E-state index is 0.0678. The Balaban J connectivity index is 0.982. The largest absolute Gasteiger partial charge is 0.352 e. The summed E-state index contributed by atoms with van der Waals surface area (Å²) in [4.78, 5) is 15.8. The molecule has 5 nitrogen and oxygen atoms in total. The summed E-state index contributed by atoms with van der Waals surface area (Å²) in [6, 6.07) is 8.35. The number of hydrogen-bond donors (Lipinski definition) is 2. The first-order valence-corrected chi connectivity index (χ1v) is 16.1. The van der Waals surface area contributed by atoms with E-state index in [1.807, 2.05) is 18.3 Å². The number of nitrogens with one attached hydrogen (secondary N) is 2. The van der Waals surface area contributed by atoms with Crippen LogP contribution in [0.5, 0.6) is 0 Å². The lowest BCUT2D eigenvalue weighted by atomic mass is 9.73. The Morgan fingerprint density at radius 1 is 1.02 bits per heavy atom. The van der Waals surface area contributed by atoms with Crippen LogP contribution in [-0.2, 0) is 4.79 Å². The summed E-state index contributed by atoms with van der Waals surface area (Å²) >= 11 is 0. The summed E-state index contributed by atoms with van der Waals surface area (Å²) in [5, 5.41) is 5.14. The Labute approximate surface area is 243 Å². The third-order valence-electron chi connectivity index (χ3n) is 10.5. The molecular weight excluding hydrogens is 492 g/mol. The van der Waals surface area contributed by atoms with E-state index in [2.05, 4.69) is 78.1 Å². The molecule has 2 N–H and O–H groups in total. The van der Waals surface area contributed by atoms with Gasteiger partial charge >= 0.3 is 0 Å². The average Bonchev–Trinajstić information content (AvgIpc) is 3.57. The van der Waals surface area contributed by atoms with Crippen LogP contribution < -0.4 is 15.8 Å². The van der Waals surface area contributed by atoms with Crippen molar-refractivity contribution < 1.29 is 4.79 Å². The van der Waals surface area contributed by atoms with Gasteiger partial charge in [-0.1, -0.05) is 68.2 Å². The van der Waals surface area contributed by atoms with Gasteiger partial charge in [-0.3, -0.25) is 9.80 Å². The molecule has 0 radical (unpaired) electrons. The van der Waals surface area contributed by atoms with Gasteiger partial charge in [0.2, 0.25) is 5.91 Å². The fourth-order valence-electron chi connectivity index (χ4n) is 8.04. The van der Waals surface area contributed by atoms with E-state index in [1.54, 1.807) is 0 Å². The number of benzene rings is 1. The van der Waals surface area contributed by atoms with E-state index in [1.165, 1.54) is 70.1 Å². The summed E-state index contributed by atoms with van der Waals surface area (Å²) in [5.74, 6) is 1.86. The molecule has 0 aromatic heterocycles. The number of fused-ring (bicyclic) bond motifs is 2. The molecule has 0 bridgehead atoms. The molecule has 4 aliphatic rings. The molecule has 1 heterocycles. The molecule has 1 aromatic carbocycles. The number of unbranched alkanes of at least 4 members (excludes halogenated alkanes) is 4. The highest BCUT2D eigenvalue weighted by Crippen LogP contribution is 2.78. The van der Waals surface area contributed by atoms with Crippen LogP contribution in [0.15, 0.2) is 60.3 Å². The number of carbonyl (C=O) groups excluding carboxylic acids is 1. The van der Waals surface area contributed by atoms with E-state index in [-0.39, 0.29) is 5.91 Å². The molecule has 3 fully saturated rings. The molecule has 1 aromatic rings. The maximum Gasteiger partial charge on any atom is 0.248 e. The van der Waals surface area contributed by atoms with Crippen LogP contribution in [-0.4, -0.2) is 44.0 Å². The van der Waals surface area contributed by atoms with Crippen LogP contribution in [0.4, 0.5) is 5.69 Å². The van der Waals surface area contributed by atoms with Crippen molar-refractivity contribution in [1.29, 1.82) is 0 Å². The summed E-state index contributed by atoms with van der Waals surface area (Å²) in [6.45, 7) is 8.84. The number of piperidine rings is 1. The van der Waals surface area contributed by atoms with Crippen LogP contribution in [0.3, 0.4) is 0 Å². The highest BCUT2D eigenvalue weighted by atomic mass is 16.1. The lowest BCUT2D eigenvalue weighted by Gasteiger charge is -2.41. The lowest BCUT2D eigenvalue weighted by Crippen LogP contribution is -2.41. The van der Waals surface area contributed by atoms with Crippen LogP contribution in [0.25, 0.3) is 0 Å². The quantitative estimate of drug-likeness (QED) is 0.152. The third kappa shape index (κ3) is 6.26. The first-order valence-electron chi connectivity index (χ1n) is 16.1. The van der Waals surface area contributed by atoms with Gasteiger partial charge in [-0.05, 0) is 113 Å². The van der Waals surface area contributed by atoms with Gasteiger partial charge < -0.3 is 10.2 Å². The van der Waals surface area contributed by atoms with E-state index in [9.17, 15) is 4.79 Å². The monoisotopic (exact) mass is 544 g/mol. The van der Waals surface area contributed by atoms with E-state index in [0.29, 0.717) is 10.8 Å². The zero-order valence-electron chi connectivity index (χ0n) is 25.3. The second-order valence-electron chi connectivity index (χ2n) is 12.9. The minimum atomic E-state index is 0.0678. The number of anilines is 1. The number of hydrogen-bond acceptors (Lipinski definition) is 4. The first-order chi connectivity index (χ1) is 19.5. The Morgan fingerprint density at radius 2 is 1.80 bits per heavy atom. The van der Waals surface area contributed by atoms with Crippen molar-refractivity contribution >= 4 is 11.6 Å². The van der Waals surface area contributed by atoms with Crippen molar-refractivity contribution in [2.75, 3.05) is 38.2 Å². The van der Waals surface area contributed by atoms with E-state index in [0.717, 1.165) is 55.3 Å². The van der Waals surface area contributed by atoms with Gasteiger partial charge in [0.15, 0.2) is 0 Å². The molecule has 2 spiro atoms. The number of aryl methyl sites for hydroxylation is 1. The fraction of sp³-hybridized carbons (Fsp3) is 0.629. The van der Waals surface area contributed by atoms with Crippen LogP contribution in [0.1, 0.15) is 83.1 Å². The fourth-order valence-corrected chi connectivity index (χ4v) is 8.04. The number of carbonyl (C=O) groups is 1. The molecule has 5 heteroatoms. The first kappa shape index (κ1) is 29.1. The van der Waals surface area contributed by atoms with Crippen molar-refractivity contribution in [1.82, 2.24) is 15.6 Å². The van der Waals surface area contributed by atoms with Crippen molar-refractivity contribution in [3.63, 3.8) is 0 Å². The van der Waals surface area contributed by atoms with Crippen molar-refractivity contribution in [2.45, 2.75) is 84.5 Å². The predicted octanol–water partition coefficient (Wildman–Crippen LogP) is 6.92. The number of nitrogens with zero attached hydrogens (tertiary/aromatic N) is 2.